The number of rotatable bonds is 3. The average Bonchev–Trinajstić information content (AvgIpc) is 2.93. The van der Waals surface area contributed by atoms with Crippen molar-refractivity contribution in [3.8, 4) is 0 Å². The van der Waals surface area contributed by atoms with Crippen LogP contribution < -0.4 is 5.73 Å². The Balaban J connectivity index is 1.92. The Labute approximate surface area is 116 Å². The van der Waals surface area contributed by atoms with Crippen LogP contribution in [0.5, 0.6) is 0 Å². The number of hydrogen-bond donors (Lipinski definition) is 1. The van der Waals surface area contributed by atoms with Gasteiger partial charge in [-0.05, 0) is 35.4 Å². The molecule has 19 heavy (non-hydrogen) atoms. The molecule has 0 amide bonds. The van der Waals surface area contributed by atoms with E-state index < -0.39 is 0 Å². The van der Waals surface area contributed by atoms with E-state index in [1.165, 1.54) is 21.3 Å². The molecule has 0 fully saturated rings. The Kier molecular flexibility index (Phi) is 3.12. The summed E-state index contributed by atoms with van der Waals surface area (Å²) in [5, 5.41) is 7.83. The molecule has 1 atom stereocenters. The molecule has 4 heteroatoms. The summed E-state index contributed by atoms with van der Waals surface area (Å²) in [5.41, 5.74) is 9.84. The first-order valence-corrected chi connectivity index (χ1v) is 7.24. The number of thiophene rings is 1. The van der Waals surface area contributed by atoms with E-state index in [1.54, 1.807) is 11.3 Å². The predicted octanol–water partition coefficient (Wildman–Crippen LogP) is 3.19. The smallest absolute Gasteiger partial charge is 0.0596 e. The summed E-state index contributed by atoms with van der Waals surface area (Å²) < 4.78 is 3.22. The van der Waals surface area contributed by atoms with Crippen LogP contribution in [-0.4, -0.2) is 9.78 Å². The average molecular weight is 271 g/mol. The lowest BCUT2D eigenvalue weighted by Gasteiger charge is -2.11. The molecule has 2 aromatic heterocycles. The van der Waals surface area contributed by atoms with Gasteiger partial charge in [-0.15, -0.1) is 11.3 Å². The second-order valence-electron chi connectivity index (χ2n) is 4.90. The standard InChI is InChI=1S/C15H17N3S/c1-10-7-11(18(2)17-10)8-14(16)13-9-19-15-6-4-3-5-12(13)15/h3-7,9,14H,8,16H2,1-2H3. The number of fused-ring (bicyclic) bond motifs is 1. The molecule has 0 aliphatic heterocycles. The minimum absolute atomic E-state index is 0.0194. The fourth-order valence-electron chi connectivity index (χ4n) is 2.48. The first-order valence-electron chi connectivity index (χ1n) is 6.36. The van der Waals surface area contributed by atoms with Crippen molar-refractivity contribution in [3.05, 3.63) is 52.7 Å². The summed E-state index contributed by atoms with van der Waals surface area (Å²) in [4.78, 5) is 0. The van der Waals surface area contributed by atoms with Crippen molar-refractivity contribution in [2.24, 2.45) is 12.8 Å². The molecule has 3 nitrogen and oxygen atoms in total. The SMILES string of the molecule is Cc1cc(CC(N)c2csc3ccccc23)n(C)n1. The highest BCUT2D eigenvalue weighted by atomic mass is 32.1. The van der Waals surface area contributed by atoms with Crippen LogP contribution in [0.3, 0.4) is 0 Å². The normalized spacial score (nSPS) is 13.0. The highest BCUT2D eigenvalue weighted by Crippen LogP contribution is 2.30. The Morgan fingerprint density at radius 2 is 2.16 bits per heavy atom. The largest absolute Gasteiger partial charge is 0.324 e. The lowest BCUT2D eigenvalue weighted by atomic mass is 10.0. The number of nitrogens with zero attached hydrogens (tertiary/aromatic N) is 2. The second kappa shape index (κ2) is 4.79. The molecule has 0 spiro atoms. The zero-order valence-corrected chi connectivity index (χ0v) is 11.9. The van der Waals surface area contributed by atoms with Crippen LogP contribution in [0.15, 0.2) is 35.7 Å². The van der Waals surface area contributed by atoms with E-state index in [-0.39, 0.29) is 6.04 Å². The molecule has 98 valence electrons. The Hall–Kier alpha value is -1.65. The van der Waals surface area contributed by atoms with Crippen LogP contribution >= 0.6 is 11.3 Å². The Morgan fingerprint density at radius 1 is 1.37 bits per heavy atom. The quantitative estimate of drug-likeness (QED) is 0.795. The summed E-state index contributed by atoms with van der Waals surface area (Å²) in [6, 6.07) is 10.6. The number of aryl methyl sites for hydroxylation is 2. The van der Waals surface area contributed by atoms with Gasteiger partial charge in [-0.3, -0.25) is 4.68 Å². The van der Waals surface area contributed by atoms with Crippen molar-refractivity contribution in [3.63, 3.8) is 0 Å². The van der Waals surface area contributed by atoms with Crippen LogP contribution in [0, 0.1) is 6.92 Å². The number of benzene rings is 1. The van der Waals surface area contributed by atoms with Gasteiger partial charge in [-0.2, -0.15) is 5.10 Å². The zero-order chi connectivity index (χ0) is 13.4. The van der Waals surface area contributed by atoms with Crippen molar-refractivity contribution in [2.45, 2.75) is 19.4 Å². The minimum Gasteiger partial charge on any atom is -0.324 e. The summed E-state index contributed by atoms with van der Waals surface area (Å²) in [6.45, 7) is 2.01. The van der Waals surface area contributed by atoms with E-state index in [0.717, 1.165) is 12.1 Å². The monoisotopic (exact) mass is 271 g/mol. The van der Waals surface area contributed by atoms with Gasteiger partial charge in [-0.1, -0.05) is 18.2 Å². The third-order valence-electron chi connectivity index (χ3n) is 3.44. The third-order valence-corrected chi connectivity index (χ3v) is 4.42. The molecule has 0 bridgehead atoms. The fraction of sp³-hybridized carbons (Fsp3) is 0.267. The number of nitrogens with two attached hydrogens (primary N) is 1. The Morgan fingerprint density at radius 3 is 2.89 bits per heavy atom. The maximum absolute atomic E-state index is 6.38. The molecule has 3 rings (SSSR count). The summed E-state index contributed by atoms with van der Waals surface area (Å²) >= 11 is 1.76. The van der Waals surface area contributed by atoms with Gasteiger partial charge in [-0.25, -0.2) is 0 Å². The zero-order valence-electron chi connectivity index (χ0n) is 11.1. The van der Waals surface area contributed by atoms with Gasteiger partial charge < -0.3 is 5.73 Å². The molecule has 0 saturated heterocycles. The van der Waals surface area contributed by atoms with Crippen molar-refractivity contribution in [1.82, 2.24) is 9.78 Å². The third kappa shape index (κ3) is 2.29. The maximum atomic E-state index is 6.38. The molecule has 1 unspecified atom stereocenters. The van der Waals surface area contributed by atoms with Gasteiger partial charge in [0, 0.05) is 29.9 Å². The first kappa shape index (κ1) is 12.4. The molecular formula is C15H17N3S. The van der Waals surface area contributed by atoms with Crippen LogP contribution in [0.2, 0.25) is 0 Å². The molecular weight excluding hydrogens is 254 g/mol. The molecule has 0 radical (unpaired) electrons. The number of hydrogen-bond acceptors (Lipinski definition) is 3. The molecule has 3 aromatic rings. The van der Waals surface area contributed by atoms with Crippen LogP contribution in [0.25, 0.3) is 10.1 Å². The number of aromatic nitrogens is 2. The van der Waals surface area contributed by atoms with E-state index in [4.69, 9.17) is 5.73 Å². The molecule has 0 aliphatic carbocycles. The fourth-order valence-corrected chi connectivity index (χ4v) is 3.50. The minimum atomic E-state index is 0.0194. The van der Waals surface area contributed by atoms with Crippen LogP contribution in [-0.2, 0) is 13.5 Å². The molecule has 2 heterocycles. The first-order chi connectivity index (χ1) is 9.15. The van der Waals surface area contributed by atoms with Crippen molar-refractivity contribution < 1.29 is 0 Å². The summed E-state index contributed by atoms with van der Waals surface area (Å²) in [6.07, 6.45) is 0.818. The predicted molar refractivity (Wildman–Crippen MR) is 80.4 cm³/mol. The second-order valence-corrected chi connectivity index (χ2v) is 5.81. The van der Waals surface area contributed by atoms with Gasteiger partial charge in [0.2, 0.25) is 0 Å². The Bertz CT molecular complexity index is 711. The van der Waals surface area contributed by atoms with E-state index >= 15 is 0 Å². The van der Waals surface area contributed by atoms with E-state index in [1.807, 2.05) is 18.7 Å². The lowest BCUT2D eigenvalue weighted by Crippen LogP contribution is -2.15. The van der Waals surface area contributed by atoms with Crippen LogP contribution in [0.1, 0.15) is 23.0 Å². The van der Waals surface area contributed by atoms with Gasteiger partial charge >= 0.3 is 0 Å². The molecule has 1 aromatic carbocycles. The van der Waals surface area contributed by atoms with E-state index in [2.05, 4.69) is 40.8 Å². The molecule has 0 aliphatic rings. The topological polar surface area (TPSA) is 43.8 Å². The van der Waals surface area contributed by atoms with Gasteiger partial charge in [0.15, 0.2) is 0 Å². The van der Waals surface area contributed by atoms with E-state index in [9.17, 15) is 0 Å². The van der Waals surface area contributed by atoms with Crippen molar-refractivity contribution in [1.29, 1.82) is 0 Å². The maximum Gasteiger partial charge on any atom is 0.0596 e. The highest BCUT2D eigenvalue weighted by molar-refractivity contribution is 7.17. The molecule has 0 saturated carbocycles. The van der Waals surface area contributed by atoms with Gasteiger partial charge in [0.05, 0.1) is 5.69 Å². The van der Waals surface area contributed by atoms with Gasteiger partial charge in [0.1, 0.15) is 0 Å². The summed E-state index contributed by atoms with van der Waals surface area (Å²) in [7, 11) is 1.97. The van der Waals surface area contributed by atoms with Gasteiger partial charge in [0.25, 0.3) is 0 Å². The summed E-state index contributed by atoms with van der Waals surface area (Å²) in [5.74, 6) is 0. The van der Waals surface area contributed by atoms with Crippen molar-refractivity contribution >= 4 is 21.4 Å². The molecule has 2 N–H and O–H groups in total. The van der Waals surface area contributed by atoms with E-state index in [0.29, 0.717) is 0 Å². The lowest BCUT2D eigenvalue weighted by molar-refractivity contribution is 0.643. The van der Waals surface area contributed by atoms with Crippen LogP contribution in [0.4, 0.5) is 0 Å². The highest BCUT2D eigenvalue weighted by Gasteiger charge is 2.14. The van der Waals surface area contributed by atoms with Crippen molar-refractivity contribution in [2.75, 3.05) is 0 Å².